The zero-order valence-corrected chi connectivity index (χ0v) is 13.8. The molecule has 112 valence electrons. The molecule has 0 spiro atoms. The average Bonchev–Trinajstić information content (AvgIpc) is 2.53. The van der Waals surface area contributed by atoms with Gasteiger partial charge in [0, 0.05) is 21.6 Å². The zero-order chi connectivity index (χ0) is 15.5. The molecule has 0 saturated carbocycles. The number of pyridine rings is 1. The molecular formula is C17H15BrN2O2. The van der Waals surface area contributed by atoms with E-state index >= 15 is 0 Å². The number of nitrogens with one attached hydrogen (secondary N) is 1. The summed E-state index contributed by atoms with van der Waals surface area (Å²) in [5.74, 6) is 2.14. The van der Waals surface area contributed by atoms with Crippen LogP contribution in [0.4, 0.5) is 11.5 Å². The van der Waals surface area contributed by atoms with Gasteiger partial charge in [-0.3, -0.25) is 0 Å². The van der Waals surface area contributed by atoms with E-state index in [9.17, 15) is 0 Å². The van der Waals surface area contributed by atoms with Crippen LogP contribution in [0.3, 0.4) is 0 Å². The molecule has 0 unspecified atom stereocenters. The third kappa shape index (κ3) is 2.99. The maximum atomic E-state index is 5.33. The van der Waals surface area contributed by atoms with E-state index in [-0.39, 0.29) is 0 Å². The van der Waals surface area contributed by atoms with Crippen LogP contribution in [-0.4, -0.2) is 19.2 Å². The number of fused-ring (bicyclic) bond motifs is 1. The highest BCUT2D eigenvalue weighted by atomic mass is 79.9. The third-order valence-electron chi connectivity index (χ3n) is 3.29. The monoisotopic (exact) mass is 358 g/mol. The quantitative estimate of drug-likeness (QED) is 0.730. The summed E-state index contributed by atoms with van der Waals surface area (Å²) in [7, 11) is 3.24. The van der Waals surface area contributed by atoms with Crippen LogP contribution < -0.4 is 14.8 Å². The van der Waals surface area contributed by atoms with Crippen LogP contribution in [0, 0.1) is 0 Å². The first-order valence-corrected chi connectivity index (χ1v) is 7.54. The summed E-state index contributed by atoms with van der Waals surface area (Å²) in [5.41, 5.74) is 1.82. The number of methoxy groups -OCH3 is 2. The van der Waals surface area contributed by atoms with Crippen molar-refractivity contribution in [3.63, 3.8) is 0 Å². The van der Waals surface area contributed by atoms with Crippen LogP contribution >= 0.6 is 15.9 Å². The Morgan fingerprint density at radius 1 is 0.955 bits per heavy atom. The van der Waals surface area contributed by atoms with Gasteiger partial charge in [0.25, 0.3) is 0 Å². The van der Waals surface area contributed by atoms with Crippen molar-refractivity contribution in [2.45, 2.75) is 0 Å². The lowest BCUT2D eigenvalue weighted by Gasteiger charge is -2.10. The largest absolute Gasteiger partial charge is 0.493 e. The smallest absolute Gasteiger partial charge is 0.162 e. The molecule has 3 rings (SSSR count). The Morgan fingerprint density at radius 3 is 2.45 bits per heavy atom. The van der Waals surface area contributed by atoms with Crippen molar-refractivity contribution in [1.29, 1.82) is 0 Å². The molecule has 3 aromatic rings. The first-order chi connectivity index (χ1) is 10.7. The Bertz CT molecular complexity index is 821. The fraction of sp³-hybridized carbons (Fsp3) is 0.118. The lowest BCUT2D eigenvalue weighted by molar-refractivity contribution is 0.356. The maximum absolute atomic E-state index is 5.33. The molecule has 1 N–H and O–H groups in total. The molecule has 1 aromatic heterocycles. The van der Waals surface area contributed by atoms with E-state index in [4.69, 9.17) is 9.47 Å². The van der Waals surface area contributed by atoms with Crippen LogP contribution in [0.1, 0.15) is 0 Å². The van der Waals surface area contributed by atoms with Gasteiger partial charge in [0.1, 0.15) is 5.82 Å². The van der Waals surface area contributed by atoms with Gasteiger partial charge in [-0.2, -0.15) is 0 Å². The number of nitrogens with zero attached hydrogens (tertiary/aromatic N) is 1. The Kier molecular flexibility index (Phi) is 4.15. The van der Waals surface area contributed by atoms with E-state index in [1.54, 1.807) is 14.2 Å². The topological polar surface area (TPSA) is 43.4 Å². The summed E-state index contributed by atoms with van der Waals surface area (Å²) in [6.45, 7) is 0. The molecule has 2 aromatic carbocycles. The number of rotatable bonds is 4. The van der Waals surface area contributed by atoms with Gasteiger partial charge in [-0.25, -0.2) is 4.98 Å². The van der Waals surface area contributed by atoms with Gasteiger partial charge in [-0.1, -0.05) is 22.0 Å². The molecule has 0 bridgehead atoms. The van der Waals surface area contributed by atoms with Gasteiger partial charge in [0.2, 0.25) is 0 Å². The highest BCUT2D eigenvalue weighted by Crippen LogP contribution is 2.32. The number of benzene rings is 2. The fourth-order valence-electron chi connectivity index (χ4n) is 2.23. The van der Waals surface area contributed by atoms with Gasteiger partial charge < -0.3 is 14.8 Å². The molecule has 0 amide bonds. The summed E-state index contributed by atoms with van der Waals surface area (Å²) in [4.78, 5) is 4.62. The third-order valence-corrected chi connectivity index (χ3v) is 3.78. The van der Waals surface area contributed by atoms with Crippen LogP contribution in [-0.2, 0) is 0 Å². The second-order valence-electron chi connectivity index (χ2n) is 4.73. The summed E-state index contributed by atoms with van der Waals surface area (Å²) >= 11 is 3.46. The SMILES string of the molecule is COc1cc2ccc(Nc3cccc(Br)c3)nc2cc1OC. The molecular weight excluding hydrogens is 344 g/mol. The predicted octanol–water partition coefficient (Wildman–Crippen LogP) is 4.76. The number of hydrogen-bond donors (Lipinski definition) is 1. The molecule has 0 aliphatic carbocycles. The zero-order valence-electron chi connectivity index (χ0n) is 12.3. The molecule has 0 saturated heterocycles. The Morgan fingerprint density at radius 2 is 1.73 bits per heavy atom. The Labute approximate surface area is 137 Å². The summed E-state index contributed by atoms with van der Waals surface area (Å²) in [6.07, 6.45) is 0. The highest BCUT2D eigenvalue weighted by molar-refractivity contribution is 9.10. The Hall–Kier alpha value is -2.27. The maximum Gasteiger partial charge on any atom is 0.162 e. The second kappa shape index (κ2) is 6.23. The minimum atomic E-state index is 0.669. The van der Waals surface area contributed by atoms with Crippen molar-refractivity contribution in [3.8, 4) is 11.5 Å². The first kappa shape index (κ1) is 14.7. The molecule has 22 heavy (non-hydrogen) atoms. The fourth-order valence-corrected chi connectivity index (χ4v) is 2.63. The van der Waals surface area contributed by atoms with Crippen LogP contribution in [0.5, 0.6) is 11.5 Å². The van der Waals surface area contributed by atoms with E-state index in [0.717, 1.165) is 26.9 Å². The molecule has 0 aliphatic heterocycles. The number of anilines is 2. The highest BCUT2D eigenvalue weighted by Gasteiger charge is 2.07. The summed E-state index contributed by atoms with van der Waals surface area (Å²) < 4.78 is 11.7. The first-order valence-electron chi connectivity index (χ1n) is 6.75. The predicted molar refractivity (Wildman–Crippen MR) is 92.3 cm³/mol. The molecule has 4 nitrogen and oxygen atoms in total. The molecule has 0 radical (unpaired) electrons. The van der Waals surface area contributed by atoms with E-state index in [0.29, 0.717) is 11.5 Å². The molecule has 5 heteroatoms. The molecule has 0 aliphatic rings. The van der Waals surface area contributed by atoms with Gasteiger partial charge in [0.05, 0.1) is 19.7 Å². The van der Waals surface area contributed by atoms with E-state index in [2.05, 4.69) is 26.2 Å². The van der Waals surface area contributed by atoms with Gasteiger partial charge >= 0.3 is 0 Å². The van der Waals surface area contributed by atoms with Crippen molar-refractivity contribution in [2.24, 2.45) is 0 Å². The number of ether oxygens (including phenoxy) is 2. The van der Waals surface area contributed by atoms with Crippen molar-refractivity contribution < 1.29 is 9.47 Å². The van der Waals surface area contributed by atoms with Crippen molar-refractivity contribution in [2.75, 3.05) is 19.5 Å². The van der Waals surface area contributed by atoms with Crippen LogP contribution in [0.25, 0.3) is 10.9 Å². The van der Waals surface area contributed by atoms with Gasteiger partial charge in [-0.15, -0.1) is 0 Å². The van der Waals surface area contributed by atoms with E-state index < -0.39 is 0 Å². The molecule has 1 heterocycles. The summed E-state index contributed by atoms with van der Waals surface area (Å²) in [5, 5.41) is 4.29. The van der Waals surface area contributed by atoms with E-state index in [1.165, 1.54) is 0 Å². The standard InChI is InChI=1S/C17H15BrN2O2/c1-21-15-8-11-6-7-17(20-14(11)10-16(15)22-2)19-13-5-3-4-12(18)9-13/h3-10H,1-2H3,(H,19,20). The van der Waals surface area contributed by atoms with Gasteiger partial charge in [-0.05, 0) is 36.4 Å². The van der Waals surface area contributed by atoms with Crippen molar-refractivity contribution in [1.82, 2.24) is 4.98 Å². The number of halogens is 1. The minimum Gasteiger partial charge on any atom is -0.493 e. The molecule has 0 fully saturated rings. The van der Waals surface area contributed by atoms with Crippen molar-refractivity contribution >= 4 is 38.3 Å². The lowest BCUT2D eigenvalue weighted by Crippen LogP contribution is -1.95. The van der Waals surface area contributed by atoms with Crippen LogP contribution in [0.2, 0.25) is 0 Å². The summed E-state index contributed by atoms with van der Waals surface area (Å²) in [6, 6.07) is 15.7. The van der Waals surface area contributed by atoms with Gasteiger partial charge in [0.15, 0.2) is 11.5 Å². The lowest BCUT2D eigenvalue weighted by atomic mass is 10.2. The Balaban J connectivity index is 1.98. The second-order valence-corrected chi connectivity index (χ2v) is 5.65. The minimum absolute atomic E-state index is 0.669. The average molecular weight is 359 g/mol. The number of hydrogen-bond acceptors (Lipinski definition) is 4. The number of aromatic nitrogens is 1. The molecule has 0 atom stereocenters. The van der Waals surface area contributed by atoms with Crippen LogP contribution in [0.15, 0.2) is 53.0 Å². The van der Waals surface area contributed by atoms with E-state index in [1.807, 2.05) is 48.5 Å². The van der Waals surface area contributed by atoms with Crippen molar-refractivity contribution in [3.05, 3.63) is 53.0 Å². The normalized spacial score (nSPS) is 10.5.